The van der Waals surface area contributed by atoms with E-state index in [9.17, 15) is 9.59 Å². The van der Waals surface area contributed by atoms with E-state index in [-0.39, 0.29) is 29.0 Å². The number of rotatable bonds is 7. The molecular formula is C32H25ClFN5O3. The third kappa shape index (κ3) is 4.88. The minimum Gasteiger partial charge on any atom is -0.497 e. The Labute approximate surface area is 244 Å². The van der Waals surface area contributed by atoms with E-state index in [1.807, 2.05) is 73.7 Å². The second kappa shape index (κ2) is 11.1. The minimum absolute atomic E-state index is 0.00954. The van der Waals surface area contributed by atoms with Crippen LogP contribution in [0.1, 0.15) is 24.2 Å². The molecule has 210 valence electrons. The summed E-state index contributed by atoms with van der Waals surface area (Å²) in [6.45, 7) is 2.11. The van der Waals surface area contributed by atoms with Crippen molar-refractivity contribution in [1.82, 2.24) is 19.1 Å². The Morgan fingerprint density at radius 2 is 1.74 bits per heavy atom. The Morgan fingerprint density at radius 3 is 2.48 bits per heavy atom. The van der Waals surface area contributed by atoms with E-state index in [0.717, 1.165) is 11.8 Å². The van der Waals surface area contributed by atoms with Crippen molar-refractivity contribution >= 4 is 39.2 Å². The fourth-order valence-electron chi connectivity index (χ4n) is 5.12. The summed E-state index contributed by atoms with van der Waals surface area (Å²) in [6.07, 6.45) is 2.47. The number of anilines is 1. The van der Waals surface area contributed by atoms with Crippen molar-refractivity contribution in [3.8, 4) is 11.4 Å². The second-order valence-corrected chi connectivity index (χ2v) is 10.2. The minimum atomic E-state index is -0.928. The van der Waals surface area contributed by atoms with Gasteiger partial charge in [-0.15, -0.1) is 0 Å². The van der Waals surface area contributed by atoms with Gasteiger partial charge in [0, 0.05) is 24.1 Å². The number of halogens is 2. The second-order valence-electron chi connectivity index (χ2n) is 9.82. The van der Waals surface area contributed by atoms with Crippen molar-refractivity contribution in [2.24, 2.45) is 0 Å². The van der Waals surface area contributed by atoms with Gasteiger partial charge in [-0.05, 0) is 54.3 Å². The summed E-state index contributed by atoms with van der Waals surface area (Å²) in [5.74, 6) is -0.0794. The van der Waals surface area contributed by atoms with Gasteiger partial charge in [0.25, 0.3) is 5.56 Å². The van der Waals surface area contributed by atoms with Gasteiger partial charge in [-0.2, -0.15) is 0 Å². The quantitative estimate of drug-likeness (QED) is 0.244. The predicted octanol–water partition coefficient (Wildman–Crippen LogP) is 6.12. The van der Waals surface area contributed by atoms with Gasteiger partial charge in [0.2, 0.25) is 5.43 Å². The van der Waals surface area contributed by atoms with Crippen LogP contribution >= 0.6 is 11.6 Å². The first-order chi connectivity index (χ1) is 20.4. The number of methoxy groups -OCH3 is 1. The van der Waals surface area contributed by atoms with Crippen LogP contribution in [0.25, 0.3) is 27.5 Å². The Morgan fingerprint density at radius 1 is 0.976 bits per heavy atom. The molecule has 10 heteroatoms. The zero-order chi connectivity index (χ0) is 29.4. The van der Waals surface area contributed by atoms with Gasteiger partial charge in [-0.25, -0.2) is 14.4 Å². The summed E-state index contributed by atoms with van der Waals surface area (Å²) < 4.78 is 23.4. The van der Waals surface area contributed by atoms with E-state index >= 15 is 4.39 Å². The summed E-state index contributed by atoms with van der Waals surface area (Å²) in [4.78, 5) is 35.6. The molecule has 3 aromatic carbocycles. The number of pyridine rings is 2. The molecule has 0 fully saturated rings. The Hall–Kier alpha value is -5.02. The maximum Gasteiger partial charge on any atom is 0.264 e. The van der Waals surface area contributed by atoms with Crippen molar-refractivity contribution in [1.29, 1.82) is 0 Å². The first-order valence-electron chi connectivity index (χ1n) is 13.2. The Balaban J connectivity index is 1.47. The predicted molar refractivity (Wildman–Crippen MR) is 162 cm³/mol. The van der Waals surface area contributed by atoms with Gasteiger partial charge in [0.1, 0.15) is 28.9 Å². The van der Waals surface area contributed by atoms with Gasteiger partial charge in [0.05, 0.1) is 23.6 Å². The number of hydrogen-bond donors (Lipinski definition) is 1. The van der Waals surface area contributed by atoms with Gasteiger partial charge in [0.15, 0.2) is 5.82 Å². The highest BCUT2D eigenvalue weighted by Crippen LogP contribution is 2.28. The molecule has 1 atom stereocenters. The van der Waals surface area contributed by atoms with Crippen molar-refractivity contribution in [3.63, 3.8) is 0 Å². The standard InChI is InChI=1S/C32H25ClFN5O3/c1-19(26-15-21-7-6-10-24(33)27(21)32(41)39(26)22-8-4-3-5-9-22)37-30-28-29(40)25(34)17-38(31(28)36-18-35-30)16-20-11-13-23(42-2)14-12-20/h3-15,17-19H,16H2,1-2H3,(H,35,36,37). The maximum absolute atomic E-state index is 15.0. The van der Waals surface area contributed by atoms with Gasteiger partial charge < -0.3 is 14.6 Å². The van der Waals surface area contributed by atoms with Crippen LogP contribution in [0.4, 0.5) is 10.2 Å². The molecule has 6 aromatic rings. The normalized spacial score (nSPS) is 12.0. The van der Waals surface area contributed by atoms with E-state index in [1.54, 1.807) is 28.4 Å². The molecule has 0 aliphatic carbocycles. The number of ether oxygens (including phenoxy) is 1. The zero-order valence-corrected chi connectivity index (χ0v) is 23.5. The molecule has 8 nitrogen and oxygen atoms in total. The molecule has 6 rings (SSSR count). The van der Waals surface area contributed by atoms with Crippen LogP contribution in [0.5, 0.6) is 5.75 Å². The fourth-order valence-corrected chi connectivity index (χ4v) is 5.38. The molecule has 1 unspecified atom stereocenters. The molecule has 0 aliphatic heterocycles. The van der Waals surface area contributed by atoms with Crippen LogP contribution in [-0.4, -0.2) is 26.2 Å². The lowest BCUT2D eigenvalue weighted by atomic mass is 10.1. The molecule has 0 aliphatic rings. The third-order valence-corrected chi connectivity index (χ3v) is 7.48. The Kier molecular flexibility index (Phi) is 7.18. The van der Waals surface area contributed by atoms with Crippen LogP contribution in [0.3, 0.4) is 0 Å². The van der Waals surface area contributed by atoms with Crippen molar-refractivity contribution in [2.75, 3.05) is 12.4 Å². The molecule has 3 aromatic heterocycles. The molecule has 3 heterocycles. The van der Waals surface area contributed by atoms with Gasteiger partial charge >= 0.3 is 0 Å². The molecule has 0 saturated heterocycles. The number of para-hydroxylation sites is 1. The van der Waals surface area contributed by atoms with Crippen molar-refractivity contribution in [3.05, 3.63) is 134 Å². The van der Waals surface area contributed by atoms with Crippen LogP contribution in [0, 0.1) is 5.82 Å². The summed E-state index contributed by atoms with van der Waals surface area (Å²) in [5, 5.41) is 4.68. The lowest BCUT2D eigenvalue weighted by molar-refractivity contribution is 0.414. The molecule has 0 radical (unpaired) electrons. The van der Waals surface area contributed by atoms with Crippen LogP contribution in [0.15, 0.2) is 101 Å². The Bertz CT molecular complexity index is 2060. The highest BCUT2D eigenvalue weighted by Gasteiger charge is 2.21. The number of nitrogens with one attached hydrogen (secondary N) is 1. The number of fused-ring (bicyclic) bond motifs is 2. The van der Waals surface area contributed by atoms with E-state index < -0.39 is 17.3 Å². The molecule has 42 heavy (non-hydrogen) atoms. The fraction of sp³-hybridized carbons (Fsp3) is 0.125. The van der Waals surface area contributed by atoms with Crippen LogP contribution in [-0.2, 0) is 6.54 Å². The molecule has 0 spiro atoms. The van der Waals surface area contributed by atoms with Crippen molar-refractivity contribution in [2.45, 2.75) is 19.5 Å². The average molecular weight is 582 g/mol. The van der Waals surface area contributed by atoms with Gasteiger partial charge in [-0.1, -0.05) is 54.1 Å². The lowest BCUT2D eigenvalue weighted by Crippen LogP contribution is -2.26. The van der Waals surface area contributed by atoms with Crippen LogP contribution in [0.2, 0.25) is 5.02 Å². The first kappa shape index (κ1) is 27.2. The maximum atomic E-state index is 15.0. The van der Waals surface area contributed by atoms with Gasteiger partial charge in [-0.3, -0.25) is 14.2 Å². The topological polar surface area (TPSA) is 91.0 Å². The van der Waals surface area contributed by atoms with Crippen molar-refractivity contribution < 1.29 is 9.13 Å². The first-order valence-corrected chi connectivity index (χ1v) is 13.6. The summed E-state index contributed by atoms with van der Waals surface area (Å²) in [6, 6.07) is 23.1. The largest absolute Gasteiger partial charge is 0.497 e. The lowest BCUT2D eigenvalue weighted by Gasteiger charge is -2.22. The van der Waals surface area contributed by atoms with E-state index in [2.05, 4.69) is 15.3 Å². The number of aromatic nitrogens is 4. The summed E-state index contributed by atoms with van der Waals surface area (Å²) >= 11 is 6.44. The SMILES string of the molecule is COc1ccc(Cn2cc(F)c(=O)c3c(NC(C)c4cc5cccc(Cl)c5c(=O)n4-c4ccccc4)ncnc32)cc1. The van der Waals surface area contributed by atoms with Crippen LogP contribution < -0.4 is 21.0 Å². The zero-order valence-electron chi connectivity index (χ0n) is 22.7. The average Bonchev–Trinajstić information content (AvgIpc) is 3.00. The number of hydrogen-bond acceptors (Lipinski definition) is 6. The molecule has 0 amide bonds. The molecule has 0 saturated carbocycles. The van der Waals surface area contributed by atoms with E-state index in [4.69, 9.17) is 16.3 Å². The highest BCUT2D eigenvalue weighted by atomic mass is 35.5. The molecular weight excluding hydrogens is 557 g/mol. The summed E-state index contributed by atoms with van der Waals surface area (Å²) in [5.41, 5.74) is 1.28. The summed E-state index contributed by atoms with van der Waals surface area (Å²) in [7, 11) is 1.58. The third-order valence-electron chi connectivity index (χ3n) is 7.16. The monoisotopic (exact) mass is 581 g/mol. The number of nitrogens with zero attached hydrogens (tertiary/aromatic N) is 4. The smallest absolute Gasteiger partial charge is 0.264 e. The molecule has 0 bridgehead atoms. The molecule has 1 N–H and O–H groups in total. The van der Waals surface area contributed by atoms with E-state index in [0.29, 0.717) is 32.9 Å². The number of benzene rings is 3. The highest BCUT2D eigenvalue weighted by molar-refractivity contribution is 6.35. The van der Waals surface area contributed by atoms with E-state index in [1.165, 1.54) is 6.33 Å².